The van der Waals surface area contributed by atoms with E-state index in [1.165, 1.54) is 17.3 Å². The summed E-state index contributed by atoms with van der Waals surface area (Å²) in [4.78, 5) is 13.8. The molecule has 0 saturated carbocycles. The molecule has 0 spiro atoms. The van der Waals surface area contributed by atoms with Gasteiger partial charge in [0.25, 0.3) is 0 Å². The third-order valence-corrected chi connectivity index (χ3v) is 5.96. The van der Waals surface area contributed by atoms with Gasteiger partial charge in [-0.05, 0) is 44.0 Å². The van der Waals surface area contributed by atoms with E-state index in [9.17, 15) is 4.39 Å². The highest BCUT2D eigenvalue weighted by atomic mass is 19.1. The molecule has 0 bridgehead atoms. The summed E-state index contributed by atoms with van der Waals surface area (Å²) < 4.78 is 15.8. The van der Waals surface area contributed by atoms with Gasteiger partial charge in [0.2, 0.25) is 5.95 Å². The normalized spacial score (nSPS) is 17.3. The second-order valence-electron chi connectivity index (χ2n) is 8.33. The van der Waals surface area contributed by atoms with Crippen molar-refractivity contribution < 1.29 is 4.39 Å². The van der Waals surface area contributed by atoms with Gasteiger partial charge in [0.15, 0.2) is 0 Å². The average molecular weight is 409 g/mol. The summed E-state index contributed by atoms with van der Waals surface area (Å²) in [5.74, 6) is 0.716. The van der Waals surface area contributed by atoms with Crippen molar-refractivity contribution in [1.82, 2.24) is 24.6 Å². The molecule has 1 atom stereocenters. The Morgan fingerprint density at radius 2 is 2.07 bits per heavy atom. The minimum Gasteiger partial charge on any atom is -0.347 e. The van der Waals surface area contributed by atoms with Gasteiger partial charge >= 0.3 is 0 Å². The Morgan fingerprint density at radius 1 is 1.23 bits per heavy atom. The molecule has 4 rings (SSSR count). The lowest BCUT2D eigenvalue weighted by molar-refractivity contribution is 0.198. The van der Waals surface area contributed by atoms with Gasteiger partial charge < -0.3 is 4.90 Å². The van der Waals surface area contributed by atoms with Crippen LogP contribution < -0.4 is 4.90 Å². The SMILES string of the molecule is Cc1c(CN2CCC[C@H](c3nc(N(C)C)ncc3-c3cccc(F)c3)C2)cnn1C. The minimum atomic E-state index is -0.243. The molecule has 30 heavy (non-hydrogen) atoms. The molecule has 3 aromatic rings. The zero-order valence-corrected chi connectivity index (χ0v) is 18.1. The summed E-state index contributed by atoms with van der Waals surface area (Å²) in [6.45, 7) is 4.98. The van der Waals surface area contributed by atoms with Gasteiger partial charge in [-0.1, -0.05) is 12.1 Å². The number of halogens is 1. The van der Waals surface area contributed by atoms with Crippen molar-refractivity contribution in [2.75, 3.05) is 32.1 Å². The van der Waals surface area contributed by atoms with E-state index < -0.39 is 0 Å². The highest BCUT2D eigenvalue weighted by Gasteiger charge is 2.26. The minimum absolute atomic E-state index is 0.243. The summed E-state index contributed by atoms with van der Waals surface area (Å²) >= 11 is 0. The van der Waals surface area contributed by atoms with Gasteiger partial charge in [-0.15, -0.1) is 0 Å². The molecule has 158 valence electrons. The Morgan fingerprint density at radius 3 is 2.77 bits per heavy atom. The summed E-state index contributed by atoms with van der Waals surface area (Å²) in [6, 6.07) is 6.71. The van der Waals surface area contributed by atoms with Gasteiger partial charge in [0.1, 0.15) is 5.82 Å². The molecule has 0 N–H and O–H groups in total. The first-order valence-corrected chi connectivity index (χ1v) is 10.4. The van der Waals surface area contributed by atoms with Crippen molar-refractivity contribution in [3.63, 3.8) is 0 Å². The predicted octanol–water partition coefficient (Wildman–Crippen LogP) is 3.77. The Hall–Kier alpha value is -2.80. The smallest absolute Gasteiger partial charge is 0.225 e. The molecular weight excluding hydrogens is 379 g/mol. The summed E-state index contributed by atoms with van der Waals surface area (Å²) in [5.41, 5.74) is 5.22. The summed E-state index contributed by atoms with van der Waals surface area (Å²) in [6.07, 6.45) is 5.98. The van der Waals surface area contributed by atoms with E-state index in [2.05, 4.69) is 21.9 Å². The molecule has 1 fully saturated rings. The molecule has 6 nitrogen and oxygen atoms in total. The van der Waals surface area contributed by atoms with Gasteiger partial charge in [-0.2, -0.15) is 5.10 Å². The lowest BCUT2D eigenvalue weighted by Crippen LogP contribution is -2.34. The molecule has 1 saturated heterocycles. The fourth-order valence-corrected chi connectivity index (χ4v) is 4.15. The first-order chi connectivity index (χ1) is 14.4. The third-order valence-electron chi connectivity index (χ3n) is 5.96. The second kappa shape index (κ2) is 8.52. The van der Waals surface area contributed by atoms with Crippen LogP contribution in [-0.4, -0.2) is 51.8 Å². The summed E-state index contributed by atoms with van der Waals surface area (Å²) in [7, 11) is 5.87. The maximum atomic E-state index is 13.9. The molecule has 0 aliphatic carbocycles. The molecule has 1 aromatic carbocycles. The molecule has 0 unspecified atom stereocenters. The number of hydrogen-bond acceptors (Lipinski definition) is 5. The van der Waals surface area contributed by atoms with Crippen LogP contribution in [0.5, 0.6) is 0 Å². The number of aromatic nitrogens is 4. The molecule has 3 heterocycles. The van der Waals surface area contributed by atoms with Crippen LogP contribution in [0.25, 0.3) is 11.1 Å². The first-order valence-electron chi connectivity index (χ1n) is 10.4. The lowest BCUT2D eigenvalue weighted by atomic mass is 9.89. The number of aryl methyl sites for hydroxylation is 1. The van der Waals surface area contributed by atoms with Crippen molar-refractivity contribution in [2.45, 2.75) is 32.2 Å². The molecule has 2 aromatic heterocycles. The average Bonchev–Trinajstić information content (AvgIpc) is 3.05. The third kappa shape index (κ3) is 4.21. The number of piperidine rings is 1. The molecule has 1 aliphatic heterocycles. The van der Waals surface area contributed by atoms with Gasteiger partial charge in [0.05, 0.1) is 11.9 Å². The maximum Gasteiger partial charge on any atom is 0.225 e. The number of rotatable bonds is 5. The zero-order valence-electron chi connectivity index (χ0n) is 18.1. The molecule has 1 aliphatic rings. The topological polar surface area (TPSA) is 50.1 Å². The maximum absolute atomic E-state index is 13.9. The van der Waals surface area contributed by atoms with E-state index in [4.69, 9.17) is 4.98 Å². The fourth-order valence-electron chi connectivity index (χ4n) is 4.15. The highest BCUT2D eigenvalue weighted by Crippen LogP contribution is 2.34. The zero-order chi connectivity index (χ0) is 21.3. The van der Waals surface area contributed by atoms with Gasteiger partial charge in [0, 0.05) is 63.2 Å². The second-order valence-corrected chi connectivity index (χ2v) is 8.33. The van der Waals surface area contributed by atoms with Crippen LogP contribution in [0.1, 0.15) is 35.7 Å². The van der Waals surface area contributed by atoms with E-state index in [0.717, 1.165) is 49.3 Å². The first kappa shape index (κ1) is 20.5. The van der Waals surface area contributed by atoms with Crippen molar-refractivity contribution in [3.05, 3.63) is 59.4 Å². The Kier molecular flexibility index (Phi) is 5.81. The van der Waals surface area contributed by atoms with E-state index in [1.54, 1.807) is 12.1 Å². The quantitative estimate of drug-likeness (QED) is 0.643. The van der Waals surface area contributed by atoms with Gasteiger partial charge in [-0.25, -0.2) is 14.4 Å². The largest absolute Gasteiger partial charge is 0.347 e. The van der Waals surface area contributed by atoms with Crippen LogP contribution in [0.4, 0.5) is 10.3 Å². The number of benzene rings is 1. The van der Waals surface area contributed by atoms with Crippen molar-refractivity contribution >= 4 is 5.95 Å². The van der Waals surface area contributed by atoms with E-state index in [1.807, 2.05) is 49.2 Å². The molecule has 0 amide bonds. The van der Waals surface area contributed by atoms with Crippen LogP contribution in [0.15, 0.2) is 36.7 Å². The van der Waals surface area contributed by atoms with E-state index in [0.29, 0.717) is 5.95 Å². The van der Waals surface area contributed by atoms with Crippen LogP contribution in [0.3, 0.4) is 0 Å². The van der Waals surface area contributed by atoms with E-state index >= 15 is 0 Å². The number of nitrogens with zero attached hydrogens (tertiary/aromatic N) is 6. The molecular formula is C23H29FN6. The van der Waals surface area contributed by atoms with Crippen molar-refractivity contribution in [1.29, 1.82) is 0 Å². The number of hydrogen-bond donors (Lipinski definition) is 0. The monoisotopic (exact) mass is 408 g/mol. The van der Waals surface area contributed by atoms with Crippen LogP contribution in [0.2, 0.25) is 0 Å². The molecule has 0 radical (unpaired) electrons. The Labute approximate surface area is 177 Å². The lowest BCUT2D eigenvalue weighted by Gasteiger charge is -2.33. The number of likely N-dealkylation sites (tertiary alicyclic amines) is 1. The van der Waals surface area contributed by atoms with E-state index in [-0.39, 0.29) is 11.7 Å². The fraction of sp³-hybridized carbons (Fsp3) is 0.435. The van der Waals surface area contributed by atoms with Gasteiger partial charge in [-0.3, -0.25) is 9.58 Å². The summed E-state index contributed by atoms with van der Waals surface area (Å²) in [5, 5.41) is 4.38. The Balaban J connectivity index is 1.65. The van der Waals surface area contributed by atoms with Crippen LogP contribution >= 0.6 is 0 Å². The predicted molar refractivity (Wildman–Crippen MR) is 117 cm³/mol. The standard InChI is InChI=1S/C23H29FN6/c1-16-19(12-26-29(16)4)15-30-10-6-8-18(14-30)22-21(13-25-23(27-22)28(2)3)17-7-5-9-20(24)11-17/h5,7,9,11-13,18H,6,8,10,14-15H2,1-4H3/t18-/m0/s1. The van der Waals surface area contributed by atoms with Crippen LogP contribution in [-0.2, 0) is 13.6 Å². The van der Waals surface area contributed by atoms with Crippen LogP contribution in [0, 0.1) is 12.7 Å². The number of anilines is 1. The molecule has 7 heteroatoms. The highest BCUT2D eigenvalue weighted by molar-refractivity contribution is 5.66. The van der Waals surface area contributed by atoms with Crippen molar-refractivity contribution in [2.24, 2.45) is 7.05 Å². The van der Waals surface area contributed by atoms with Crippen molar-refractivity contribution in [3.8, 4) is 11.1 Å². The Bertz CT molecular complexity index is 1030.